The van der Waals surface area contributed by atoms with Gasteiger partial charge < -0.3 is 5.32 Å². The molecule has 15 heavy (non-hydrogen) atoms. The summed E-state index contributed by atoms with van der Waals surface area (Å²) < 4.78 is 2.05. The van der Waals surface area contributed by atoms with Crippen molar-refractivity contribution in [2.75, 3.05) is 7.05 Å². The zero-order valence-electron chi connectivity index (χ0n) is 10.00. The Balaban J connectivity index is 2.14. The predicted molar refractivity (Wildman–Crippen MR) is 63.7 cm³/mol. The zero-order valence-corrected chi connectivity index (χ0v) is 10.00. The second-order valence-electron chi connectivity index (χ2n) is 4.06. The molecule has 0 atom stereocenters. The number of aromatic nitrogens is 2. The van der Waals surface area contributed by atoms with E-state index in [9.17, 15) is 0 Å². The topological polar surface area (TPSA) is 29.9 Å². The van der Waals surface area contributed by atoms with Gasteiger partial charge in [-0.25, -0.2) is 0 Å². The van der Waals surface area contributed by atoms with Crippen LogP contribution in [0.3, 0.4) is 0 Å². The highest BCUT2D eigenvalue weighted by Gasteiger charge is 1.96. The lowest BCUT2D eigenvalue weighted by molar-refractivity contribution is 0.533. The van der Waals surface area contributed by atoms with Crippen molar-refractivity contribution in [2.24, 2.45) is 0 Å². The first kappa shape index (κ1) is 12.2. The first-order chi connectivity index (χ1) is 7.36. The highest BCUT2D eigenvalue weighted by molar-refractivity contribution is 5.02. The predicted octanol–water partition coefficient (Wildman–Crippen LogP) is 2.57. The molecule has 0 fully saturated rings. The lowest BCUT2D eigenvalue weighted by Crippen LogP contribution is -2.04. The van der Waals surface area contributed by atoms with E-state index in [1.165, 1.54) is 37.7 Å². The van der Waals surface area contributed by atoms with E-state index in [0.717, 1.165) is 13.1 Å². The van der Waals surface area contributed by atoms with E-state index in [0.29, 0.717) is 0 Å². The summed E-state index contributed by atoms with van der Waals surface area (Å²) in [7, 11) is 1.96. The molecular weight excluding hydrogens is 186 g/mol. The maximum absolute atomic E-state index is 4.33. The van der Waals surface area contributed by atoms with Crippen LogP contribution in [-0.2, 0) is 13.1 Å². The molecule has 3 heteroatoms. The summed E-state index contributed by atoms with van der Waals surface area (Å²) in [6, 6.07) is 0. The van der Waals surface area contributed by atoms with Gasteiger partial charge in [0.15, 0.2) is 0 Å². The molecule has 0 saturated carbocycles. The standard InChI is InChI=1S/C12H23N3/c1-3-4-5-6-7-8-15-11-12(9-13-2)10-14-15/h10-11,13H,3-9H2,1-2H3. The van der Waals surface area contributed by atoms with E-state index < -0.39 is 0 Å². The number of nitrogens with zero attached hydrogens (tertiary/aromatic N) is 2. The molecule has 1 aromatic heterocycles. The summed E-state index contributed by atoms with van der Waals surface area (Å²) in [5, 5.41) is 7.46. The molecule has 0 aromatic carbocycles. The molecule has 86 valence electrons. The Morgan fingerprint density at radius 1 is 1.27 bits per heavy atom. The van der Waals surface area contributed by atoms with Gasteiger partial charge in [0.1, 0.15) is 0 Å². The van der Waals surface area contributed by atoms with Gasteiger partial charge in [0.25, 0.3) is 0 Å². The van der Waals surface area contributed by atoms with Crippen molar-refractivity contribution >= 4 is 0 Å². The smallest absolute Gasteiger partial charge is 0.0534 e. The van der Waals surface area contributed by atoms with Gasteiger partial charge in [0.05, 0.1) is 6.20 Å². The monoisotopic (exact) mass is 209 g/mol. The summed E-state index contributed by atoms with van der Waals surface area (Å²) in [6.07, 6.45) is 10.7. The van der Waals surface area contributed by atoms with E-state index in [2.05, 4.69) is 28.2 Å². The minimum atomic E-state index is 0.913. The third-order valence-corrected chi connectivity index (χ3v) is 2.56. The second kappa shape index (κ2) is 7.46. The van der Waals surface area contributed by atoms with Crippen LogP contribution in [0.25, 0.3) is 0 Å². The largest absolute Gasteiger partial charge is 0.316 e. The number of aryl methyl sites for hydroxylation is 1. The van der Waals surface area contributed by atoms with Crippen LogP contribution in [0.5, 0.6) is 0 Å². The number of hydrogen-bond donors (Lipinski definition) is 1. The number of nitrogens with one attached hydrogen (secondary N) is 1. The van der Waals surface area contributed by atoms with Crippen molar-refractivity contribution < 1.29 is 0 Å². The van der Waals surface area contributed by atoms with Crippen molar-refractivity contribution in [3.8, 4) is 0 Å². The summed E-state index contributed by atoms with van der Waals surface area (Å²) in [6.45, 7) is 4.22. The van der Waals surface area contributed by atoms with Gasteiger partial charge in [-0.2, -0.15) is 5.10 Å². The average Bonchev–Trinajstić information content (AvgIpc) is 2.66. The maximum Gasteiger partial charge on any atom is 0.0534 e. The Labute approximate surface area is 92.9 Å². The van der Waals surface area contributed by atoms with E-state index in [4.69, 9.17) is 0 Å². The third-order valence-electron chi connectivity index (χ3n) is 2.56. The zero-order chi connectivity index (χ0) is 10.9. The number of rotatable bonds is 8. The Hall–Kier alpha value is -0.830. The van der Waals surface area contributed by atoms with Gasteiger partial charge in [-0.1, -0.05) is 32.6 Å². The Kier molecular flexibility index (Phi) is 6.09. The minimum absolute atomic E-state index is 0.913. The lowest BCUT2D eigenvalue weighted by atomic mass is 10.1. The number of hydrogen-bond acceptors (Lipinski definition) is 2. The molecule has 0 unspecified atom stereocenters. The van der Waals surface area contributed by atoms with E-state index >= 15 is 0 Å². The lowest BCUT2D eigenvalue weighted by Gasteiger charge is -2.00. The van der Waals surface area contributed by atoms with Crippen LogP contribution in [-0.4, -0.2) is 16.8 Å². The molecule has 0 amide bonds. The van der Waals surface area contributed by atoms with Gasteiger partial charge in [-0.15, -0.1) is 0 Å². The molecule has 0 saturated heterocycles. The Morgan fingerprint density at radius 3 is 2.80 bits per heavy atom. The fourth-order valence-corrected chi connectivity index (χ4v) is 1.70. The summed E-state index contributed by atoms with van der Waals surface area (Å²) >= 11 is 0. The fourth-order valence-electron chi connectivity index (χ4n) is 1.70. The third kappa shape index (κ3) is 4.98. The SMILES string of the molecule is CCCCCCCn1cc(CNC)cn1. The van der Waals surface area contributed by atoms with Crippen LogP contribution in [0, 0.1) is 0 Å². The van der Waals surface area contributed by atoms with E-state index in [1.54, 1.807) is 0 Å². The van der Waals surface area contributed by atoms with E-state index in [1.807, 2.05) is 13.2 Å². The normalized spacial score (nSPS) is 10.8. The van der Waals surface area contributed by atoms with Crippen molar-refractivity contribution in [2.45, 2.75) is 52.1 Å². The molecule has 1 rings (SSSR count). The van der Waals surface area contributed by atoms with Gasteiger partial charge in [0.2, 0.25) is 0 Å². The van der Waals surface area contributed by atoms with Gasteiger partial charge in [0, 0.05) is 24.8 Å². The molecule has 0 aliphatic rings. The van der Waals surface area contributed by atoms with E-state index in [-0.39, 0.29) is 0 Å². The minimum Gasteiger partial charge on any atom is -0.316 e. The Morgan fingerprint density at radius 2 is 2.07 bits per heavy atom. The molecule has 1 N–H and O–H groups in total. The number of unbranched alkanes of at least 4 members (excludes halogenated alkanes) is 4. The highest BCUT2D eigenvalue weighted by atomic mass is 15.3. The van der Waals surface area contributed by atoms with Crippen LogP contribution in [0.15, 0.2) is 12.4 Å². The van der Waals surface area contributed by atoms with Crippen LogP contribution >= 0.6 is 0 Å². The molecule has 3 nitrogen and oxygen atoms in total. The molecule has 1 aromatic rings. The maximum atomic E-state index is 4.33. The highest BCUT2D eigenvalue weighted by Crippen LogP contribution is 2.04. The Bertz CT molecular complexity index is 255. The molecule has 0 aliphatic heterocycles. The summed E-state index contributed by atoms with van der Waals surface area (Å²) in [5.41, 5.74) is 1.27. The molecular formula is C12H23N3. The van der Waals surface area contributed by atoms with Gasteiger partial charge in [-0.3, -0.25) is 4.68 Å². The molecule has 0 radical (unpaired) electrons. The van der Waals surface area contributed by atoms with Crippen molar-refractivity contribution in [1.82, 2.24) is 15.1 Å². The van der Waals surface area contributed by atoms with Crippen LogP contribution in [0.4, 0.5) is 0 Å². The first-order valence-electron chi connectivity index (χ1n) is 6.02. The van der Waals surface area contributed by atoms with Crippen LogP contribution in [0.1, 0.15) is 44.6 Å². The second-order valence-corrected chi connectivity index (χ2v) is 4.06. The molecule has 1 heterocycles. The first-order valence-corrected chi connectivity index (χ1v) is 6.02. The molecule has 0 bridgehead atoms. The quantitative estimate of drug-likeness (QED) is 0.667. The van der Waals surface area contributed by atoms with Crippen LogP contribution < -0.4 is 5.32 Å². The van der Waals surface area contributed by atoms with Crippen molar-refractivity contribution in [1.29, 1.82) is 0 Å². The average molecular weight is 209 g/mol. The summed E-state index contributed by atoms with van der Waals surface area (Å²) in [5.74, 6) is 0. The fraction of sp³-hybridized carbons (Fsp3) is 0.750. The van der Waals surface area contributed by atoms with Crippen LogP contribution in [0.2, 0.25) is 0 Å². The van der Waals surface area contributed by atoms with Crippen molar-refractivity contribution in [3.63, 3.8) is 0 Å². The van der Waals surface area contributed by atoms with Gasteiger partial charge >= 0.3 is 0 Å². The van der Waals surface area contributed by atoms with Crippen molar-refractivity contribution in [3.05, 3.63) is 18.0 Å². The molecule has 0 spiro atoms. The molecule has 0 aliphatic carbocycles. The summed E-state index contributed by atoms with van der Waals surface area (Å²) in [4.78, 5) is 0. The van der Waals surface area contributed by atoms with Gasteiger partial charge in [-0.05, 0) is 13.5 Å².